The summed E-state index contributed by atoms with van der Waals surface area (Å²) in [5.41, 5.74) is 5.96. The highest BCUT2D eigenvalue weighted by Crippen LogP contribution is 2.13. The number of nitrogens with one attached hydrogen (secondary N) is 1. The molecule has 0 saturated carbocycles. The Labute approximate surface area is 98.4 Å². The summed E-state index contributed by atoms with van der Waals surface area (Å²) in [6.07, 6.45) is 0. The molecule has 1 N–H and O–H groups in total. The lowest BCUT2D eigenvalue weighted by atomic mass is 10.2. The molecule has 0 heterocycles. The maximum absolute atomic E-state index is 7.50. The van der Waals surface area contributed by atoms with E-state index in [0.717, 1.165) is 0 Å². The minimum absolute atomic E-state index is 1.17. The Bertz CT molecular complexity index is 262. The molecule has 3 nitrogen and oxygen atoms in total. The van der Waals surface area contributed by atoms with Crippen LogP contribution in [0.1, 0.15) is 26.3 Å². The third kappa shape index (κ3) is 4.11. The smallest absolute Gasteiger partial charge is 0.104 e. The van der Waals surface area contributed by atoms with Crippen LogP contribution in [0.4, 0.5) is 0 Å². The van der Waals surface area contributed by atoms with E-state index in [1.807, 2.05) is 0 Å². The SMILES string of the molecule is CC[N+](CC)(CC)Cc1ccccc1.N=O. The zero-order valence-corrected chi connectivity index (χ0v) is 10.6. The van der Waals surface area contributed by atoms with Gasteiger partial charge in [-0.3, -0.25) is 0 Å². The molecule has 3 heteroatoms. The molecule has 0 unspecified atom stereocenters. The van der Waals surface area contributed by atoms with E-state index in [4.69, 9.17) is 4.91 Å². The summed E-state index contributed by atoms with van der Waals surface area (Å²) in [6, 6.07) is 10.8. The minimum atomic E-state index is 1.17. The van der Waals surface area contributed by atoms with Crippen molar-refractivity contribution in [1.29, 1.82) is 5.59 Å². The molecule has 1 aromatic carbocycles. The van der Waals surface area contributed by atoms with Crippen LogP contribution in [0.25, 0.3) is 0 Å². The molecule has 0 aliphatic carbocycles. The number of benzene rings is 1. The van der Waals surface area contributed by atoms with Gasteiger partial charge < -0.3 is 4.48 Å². The third-order valence-corrected chi connectivity index (χ3v) is 3.37. The van der Waals surface area contributed by atoms with Gasteiger partial charge in [-0.2, -0.15) is 4.91 Å². The van der Waals surface area contributed by atoms with Crippen LogP contribution in [0.15, 0.2) is 30.3 Å². The van der Waals surface area contributed by atoms with Gasteiger partial charge in [-0.25, -0.2) is 0 Å². The number of rotatable bonds is 5. The average molecular weight is 223 g/mol. The van der Waals surface area contributed by atoms with E-state index < -0.39 is 0 Å². The van der Waals surface area contributed by atoms with Crippen LogP contribution < -0.4 is 0 Å². The Kier molecular flexibility index (Phi) is 7.38. The minimum Gasteiger partial charge on any atom is -0.321 e. The van der Waals surface area contributed by atoms with Crippen molar-refractivity contribution in [1.82, 2.24) is 0 Å². The molecule has 0 spiro atoms. The topological polar surface area (TPSA) is 40.9 Å². The normalized spacial score (nSPS) is 10.4. The molecule has 0 fully saturated rings. The molecule has 0 atom stereocenters. The van der Waals surface area contributed by atoms with Crippen LogP contribution in [-0.2, 0) is 6.54 Å². The van der Waals surface area contributed by atoms with Crippen molar-refractivity contribution in [3.05, 3.63) is 40.8 Å². The molecule has 0 aliphatic heterocycles. The summed E-state index contributed by atoms with van der Waals surface area (Å²) in [6.45, 7) is 11.7. The first kappa shape index (κ1) is 14.8. The van der Waals surface area contributed by atoms with Gasteiger partial charge >= 0.3 is 0 Å². The van der Waals surface area contributed by atoms with Gasteiger partial charge in [0.1, 0.15) is 6.54 Å². The van der Waals surface area contributed by atoms with E-state index in [-0.39, 0.29) is 0 Å². The van der Waals surface area contributed by atoms with E-state index in [1.165, 1.54) is 36.2 Å². The summed E-state index contributed by atoms with van der Waals surface area (Å²) in [4.78, 5) is 7.50. The molecular weight excluding hydrogens is 200 g/mol. The van der Waals surface area contributed by atoms with Gasteiger partial charge in [0.25, 0.3) is 0 Å². The molecule has 0 aromatic heterocycles. The number of hydrogen-bond donors (Lipinski definition) is 1. The molecule has 0 saturated heterocycles. The molecule has 0 radical (unpaired) electrons. The monoisotopic (exact) mass is 223 g/mol. The molecular formula is C13H23N2O+. The van der Waals surface area contributed by atoms with Gasteiger partial charge in [-0.1, -0.05) is 35.9 Å². The second-order valence-electron chi connectivity index (χ2n) is 3.93. The summed E-state index contributed by atoms with van der Waals surface area (Å²) in [7, 11) is 0. The standard InChI is InChI=1S/C13H22N.HNO/c1-4-14(5-2,6-3)12-13-10-8-7-9-11-13;1-2/h7-11H,4-6,12H2,1-3H3;1H/q+1;. The first-order valence-corrected chi connectivity index (χ1v) is 5.85. The van der Waals surface area contributed by atoms with E-state index in [0.29, 0.717) is 0 Å². The van der Waals surface area contributed by atoms with Gasteiger partial charge in [-0.15, -0.1) is 0 Å². The van der Waals surface area contributed by atoms with Gasteiger partial charge in [0.15, 0.2) is 0 Å². The number of hydrogen-bond acceptors (Lipinski definition) is 2. The van der Waals surface area contributed by atoms with Gasteiger partial charge in [0, 0.05) is 5.56 Å². The zero-order valence-electron chi connectivity index (χ0n) is 10.6. The van der Waals surface area contributed by atoms with Gasteiger partial charge in [0.2, 0.25) is 0 Å². The maximum Gasteiger partial charge on any atom is 0.104 e. The Balaban J connectivity index is 0.00000106. The van der Waals surface area contributed by atoms with Crippen LogP contribution in [0.2, 0.25) is 0 Å². The fourth-order valence-electron chi connectivity index (χ4n) is 1.98. The van der Waals surface area contributed by atoms with E-state index in [1.54, 1.807) is 0 Å². The molecule has 1 rings (SSSR count). The van der Waals surface area contributed by atoms with Gasteiger partial charge in [0.05, 0.1) is 19.6 Å². The molecule has 90 valence electrons. The van der Waals surface area contributed by atoms with Crippen molar-refractivity contribution in [2.45, 2.75) is 27.3 Å². The van der Waals surface area contributed by atoms with Crippen LogP contribution in [0.5, 0.6) is 0 Å². The van der Waals surface area contributed by atoms with E-state index in [9.17, 15) is 0 Å². The number of nitrogens with zero attached hydrogens (tertiary/aromatic N) is 1. The zero-order chi connectivity index (χ0) is 12.4. The van der Waals surface area contributed by atoms with E-state index in [2.05, 4.69) is 56.7 Å². The largest absolute Gasteiger partial charge is 0.321 e. The fourth-order valence-corrected chi connectivity index (χ4v) is 1.98. The summed E-state index contributed by atoms with van der Waals surface area (Å²) < 4.78 is 1.20. The van der Waals surface area contributed by atoms with E-state index >= 15 is 0 Å². The predicted octanol–water partition coefficient (Wildman–Crippen LogP) is 3.39. The first-order chi connectivity index (χ1) is 7.76. The lowest BCUT2D eigenvalue weighted by molar-refractivity contribution is -0.936. The van der Waals surface area contributed by atoms with Crippen molar-refractivity contribution in [2.75, 3.05) is 19.6 Å². The molecule has 0 aliphatic rings. The van der Waals surface area contributed by atoms with Crippen molar-refractivity contribution >= 4 is 0 Å². The highest BCUT2D eigenvalue weighted by molar-refractivity contribution is 5.13. The van der Waals surface area contributed by atoms with Gasteiger partial charge in [-0.05, 0) is 20.8 Å². The lowest BCUT2D eigenvalue weighted by Crippen LogP contribution is -2.46. The second kappa shape index (κ2) is 7.99. The highest BCUT2D eigenvalue weighted by atomic mass is 16.2. The molecule has 0 bridgehead atoms. The first-order valence-electron chi connectivity index (χ1n) is 5.85. The fraction of sp³-hybridized carbons (Fsp3) is 0.538. The van der Waals surface area contributed by atoms with Crippen LogP contribution >= 0.6 is 0 Å². The molecule has 16 heavy (non-hydrogen) atoms. The Morgan fingerprint density at radius 3 is 1.75 bits per heavy atom. The number of quaternary nitrogens is 1. The highest BCUT2D eigenvalue weighted by Gasteiger charge is 2.20. The van der Waals surface area contributed by atoms with Crippen molar-refractivity contribution in [2.24, 2.45) is 0 Å². The lowest BCUT2D eigenvalue weighted by Gasteiger charge is -2.35. The number of nitroso groups, excluding NO2 is 1. The average Bonchev–Trinajstić information content (AvgIpc) is 2.40. The van der Waals surface area contributed by atoms with Crippen LogP contribution in [0, 0.1) is 10.5 Å². The van der Waals surface area contributed by atoms with Crippen molar-refractivity contribution in [3.63, 3.8) is 0 Å². The third-order valence-electron chi connectivity index (χ3n) is 3.37. The van der Waals surface area contributed by atoms with Crippen molar-refractivity contribution < 1.29 is 4.48 Å². The molecule has 1 aromatic rings. The van der Waals surface area contributed by atoms with Crippen LogP contribution in [-0.4, -0.2) is 24.1 Å². The maximum atomic E-state index is 7.50. The Morgan fingerprint density at radius 2 is 1.38 bits per heavy atom. The summed E-state index contributed by atoms with van der Waals surface area (Å²) in [5, 5.41) is 0. The molecule has 0 amide bonds. The predicted molar refractivity (Wildman–Crippen MR) is 68.1 cm³/mol. The van der Waals surface area contributed by atoms with Crippen molar-refractivity contribution in [3.8, 4) is 0 Å². The Morgan fingerprint density at radius 1 is 0.938 bits per heavy atom. The Hall–Kier alpha value is -1.22. The summed E-state index contributed by atoms with van der Waals surface area (Å²) >= 11 is 0. The summed E-state index contributed by atoms with van der Waals surface area (Å²) in [5.74, 6) is 0. The van der Waals surface area contributed by atoms with Crippen LogP contribution in [0.3, 0.4) is 0 Å². The quantitative estimate of drug-likeness (QED) is 0.603. The second-order valence-corrected chi connectivity index (χ2v) is 3.93.